The molecule has 0 radical (unpaired) electrons. The van der Waals surface area contributed by atoms with Gasteiger partial charge in [-0.25, -0.2) is 0 Å². The number of benzene rings is 1. The first-order valence-corrected chi connectivity index (χ1v) is 10.3. The van der Waals surface area contributed by atoms with Gasteiger partial charge in [0.25, 0.3) is 0 Å². The van der Waals surface area contributed by atoms with E-state index in [1.165, 1.54) is 56.3 Å². The fourth-order valence-corrected chi connectivity index (χ4v) is 4.55. The van der Waals surface area contributed by atoms with Crippen molar-refractivity contribution < 1.29 is 4.79 Å². The third-order valence-corrected chi connectivity index (χ3v) is 6.44. The zero-order valence-corrected chi connectivity index (χ0v) is 15.4. The van der Waals surface area contributed by atoms with Crippen molar-refractivity contribution in [1.29, 1.82) is 0 Å². The summed E-state index contributed by atoms with van der Waals surface area (Å²) in [4.78, 5) is 18.9. The van der Waals surface area contributed by atoms with E-state index in [1.807, 2.05) is 24.4 Å². The van der Waals surface area contributed by atoms with Crippen molar-refractivity contribution in [2.75, 3.05) is 13.1 Å². The molecule has 26 heavy (non-hydrogen) atoms. The molecule has 3 nitrogen and oxygen atoms in total. The first kappa shape index (κ1) is 16.3. The molecule has 1 heterocycles. The Labute approximate surface area is 155 Å². The van der Waals surface area contributed by atoms with Gasteiger partial charge in [-0.05, 0) is 80.0 Å². The van der Waals surface area contributed by atoms with Crippen LogP contribution in [0.5, 0.6) is 0 Å². The molecule has 3 heteroatoms. The van der Waals surface area contributed by atoms with E-state index >= 15 is 0 Å². The van der Waals surface area contributed by atoms with Crippen LogP contribution < -0.4 is 0 Å². The second-order valence-corrected chi connectivity index (χ2v) is 8.59. The molecule has 0 saturated heterocycles. The van der Waals surface area contributed by atoms with Crippen molar-refractivity contribution in [2.24, 2.45) is 11.8 Å². The van der Waals surface area contributed by atoms with E-state index in [9.17, 15) is 4.79 Å². The molecule has 3 aliphatic rings. The lowest BCUT2D eigenvalue weighted by atomic mass is 9.83. The third-order valence-electron chi connectivity index (χ3n) is 6.44. The predicted octanol–water partition coefficient (Wildman–Crippen LogP) is 4.23. The zero-order chi connectivity index (χ0) is 17.5. The van der Waals surface area contributed by atoms with Crippen LogP contribution >= 0.6 is 0 Å². The number of H-pyrrole nitrogens is 1. The summed E-state index contributed by atoms with van der Waals surface area (Å²) in [5.74, 6) is 2.01. The van der Waals surface area contributed by atoms with Gasteiger partial charge in [0, 0.05) is 30.9 Å². The van der Waals surface area contributed by atoms with Gasteiger partial charge in [-0.2, -0.15) is 0 Å². The van der Waals surface area contributed by atoms with Crippen LogP contribution in [0.1, 0.15) is 59.3 Å². The summed E-state index contributed by atoms with van der Waals surface area (Å²) in [5, 5.41) is 0. The fourth-order valence-electron chi connectivity index (χ4n) is 4.55. The molecule has 2 saturated carbocycles. The predicted molar refractivity (Wildman–Crippen MR) is 104 cm³/mol. The quantitative estimate of drug-likeness (QED) is 0.760. The number of hydrogen-bond acceptors (Lipinski definition) is 2. The number of aromatic nitrogens is 1. The van der Waals surface area contributed by atoms with Crippen molar-refractivity contribution in [3.63, 3.8) is 0 Å². The molecule has 2 fully saturated rings. The number of fused-ring (bicyclic) bond motifs is 1. The maximum atomic E-state index is 13.0. The van der Waals surface area contributed by atoms with Crippen LogP contribution in [0.25, 0.3) is 0 Å². The maximum Gasteiger partial charge on any atom is 0.209 e. The monoisotopic (exact) mass is 348 g/mol. The van der Waals surface area contributed by atoms with Crippen molar-refractivity contribution in [1.82, 2.24) is 9.88 Å². The highest BCUT2D eigenvalue weighted by atomic mass is 16.1. The molecule has 2 aromatic rings. The molecule has 0 bridgehead atoms. The minimum Gasteiger partial charge on any atom is -0.359 e. The molecule has 1 unspecified atom stereocenters. The van der Waals surface area contributed by atoms with Gasteiger partial charge in [0.15, 0.2) is 0 Å². The number of aryl methyl sites for hydroxylation is 1. The minimum atomic E-state index is 0.142. The average molecular weight is 348 g/mol. The molecule has 1 N–H and O–H groups in total. The van der Waals surface area contributed by atoms with Crippen LogP contribution in [0.3, 0.4) is 0 Å². The smallest absolute Gasteiger partial charge is 0.209 e. The van der Waals surface area contributed by atoms with Crippen LogP contribution in [0, 0.1) is 11.8 Å². The molecular weight excluding hydrogens is 320 g/mol. The van der Waals surface area contributed by atoms with E-state index in [2.05, 4.69) is 22.0 Å². The summed E-state index contributed by atoms with van der Waals surface area (Å²) in [6, 6.07) is 10.7. The molecule has 1 aromatic heterocycles. The van der Waals surface area contributed by atoms with Gasteiger partial charge in [0.2, 0.25) is 5.78 Å². The largest absolute Gasteiger partial charge is 0.359 e. The Kier molecular flexibility index (Phi) is 4.20. The lowest BCUT2D eigenvalue weighted by molar-refractivity contribution is 0.103. The van der Waals surface area contributed by atoms with Gasteiger partial charge in [0.05, 0.1) is 5.69 Å². The number of nitrogens with zero attached hydrogens (tertiary/aromatic N) is 1. The van der Waals surface area contributed by atoms with Crippen LogP contribution in [-0.2, 0) is 12.8 Å². The van der Waals surface area contributed by atoms with Gasteiger partial charge in [-0.3, -0.25) is 9.69 Å². The molecule has 136 valence electrons. The van der Waals surface area contributed by atoms with E-state index in [-0.39, 0.29) is 5.78 Å². The summed E-state index contributed by atoms with van der Waals surface area (Å²) in [6.07, 6.45) is 10.9. The van der Waals surface area contributed by atoms with Gasteiger partial charge in [-0.15, -0.1) is 0 Å². The van der Waals surface area contributed by atoms with Gasteiger partial charge in [0.1, 0.15) is 0 Å². The van der Waals surface area contributed by atoms with Crippen LogP contribution in [0.15, 0.2) is 36.5 Å². The second-order valence-electron chi connectivity index (χ2n) is 8.59. The summed E-state index contributed by atoms with van der Waals surface area (Å²) < 4.78 is 0. The topological polar surface area (TPSA) is 36.1 Å². The van der Waals surface area contributed by atoms with E-state index < -0.39 is 0 Å². The normalized spacial score (nSPS) is 22.4. The highest BCUT2D eigenvalue weighted by Gasteiger charge is 2.34. The highest BCUT2D eigenvalue weighted by molar-refractivity contribution is 6.09. The van der Waals surface area contributed by atoms with Gasteiger partial charge < -0.3 is 4.98 Å². The fraction of sp³-hybridized carbons (Fsp3) is 0.522. The molecule has 5 rings (SSSR count). The van der Waals surface area contributed by atoms with E-state index in [4.69, 9.17) is 0 Å². The summed E-state index contributed by atoms with van der Waals surface area (Å²) in [6.45, 7) is 2.56. The third kappa shape index (κ3) is 3.37. The molecular formula is C23H28N2O. The van der Waals surface area contributed by atoms with Crippen LogP contribution in [0.4, 0.5) is 0 Å². The summed E-state index contributed by atoms with van der Waals surface area (Å²) >= 11 is 0. The molecule has 0 spiro atoms. The summed E-state index contributed by atoms with van der Waals surface area (Å²) in [7, 11) is 0. The van der Waals surface area contributed by atoms with E-state index in [1.54, 1.807) is 0 Å². The van der Waals surface area contributed by atoms with Crippen LogP contribution in [-0.4, -0.2) is 34.8 Å². The van der Waals surface area contributed by atoms with Crippen molar-refractivity contribution >= 4 is 5.78 Å². The Morgan fingerprint density at radius 2 is 1.77 bits per heavy atom. The van der Waals surface area contributed by atoms with Crippen molar-refractivity contribution in [3.05, 3.63) is 58.9 Å². The number of carbonyl (C=O) groups is 1. The van der Waals surface area contributed by atoms with E-state index in [0.717, 1.165) is 30.2 Å². The zero-order valence-electron chi connectivity index (χ0n) is 15.4. The Bertz CT molecular complexity index is 773. The second kappa shape index (κ2) is 6.70. The van der Waals surface area contributed by atoms with Crippen molar-refractivity contribution in [2.45, 2.75) is 51.0 Å². The lowest BCUT2D eigenvalue weighted by Gasteiger charge is -2.36. The minimum absolute atomic E-state index is 0.142. The standard InChI is InChI=1S/C23H28N2O/c26-23(22-5-2-12-24-22)20-4-1-3-18-10-11-19(13-21(18)20)25(14-16-6-7-16)15-17-8-9-17/h1-5,12,16-17,19,24H,6-11,13-15H2. The number of rotatable bonds is 7. The Morgan fingerprint density at radius 3 is 2.42 bits per heavy atom. The first-order chi connectivity index (χ1) is 12.8. The number of ketones is 1. The Balaban J connectivity index is 1.40. The molecule has 3 aliphatic carbocycles. The van der Waals surface area contributed by atoms with E-state index in [0.29, 0.717) is 11.7 Å². The Morgan fingerprint density at radius 1 is 1.00 bits per heavy atom. The number of hydrogen-bond donors (Lipinski definition) is 1. The van der Waals surface area contributed by atoms with Gasteiger partial charge in [-0.1, -0.05) is 18.2 Å². The molecule has 1 aromatic carbocycles. The summed E-state index contributed by atoms with van der Waals surface area (Å²) in [5.41, 5.74) is 4.30. The average Bonchev–Trinajstić information content (AvgIpc) is 3.60. The number of nitrogens with one attached hydrogen (secondary N) is 1. The first-order valence-electron chi connectivity index (χ1n) is 10.3. The number of aromatic amines is 1. The SMILES string of the molecule is O=C(c1ccc[nH]1)c1cccc2c1CC(N(CC1CC1)CC1CC1)CC2. The lowest BCUT2D eigenvalue weighted by Crippen LogP contribution is -2.42. The number of carbonyl (C=O) groups excluding carboxylic acids is 1. The molecule has 0 amide bonds. The maximum absolute atomic E-state index is 13.0. The van der Waals surface area contributed by atoms with Crippen LogP contribution in [0.2, 0.25) is 0 Å². The van der Waals surface area contributed by atoms with Gasteiger partial charge >= 0.3 is 0 Å². The molecule has 1 atom stereocenters. The van der Waals surface area contributed by atoms with Crippen molar-refractivity contribution in [3.8, 4) is 0 Å². The Hall–Kier alpha value is -1.87. The highest BCUT2D eigenvalue weighted by Crippen LogP contribution is 2.37. The molecule has 0 aliphatic heterocycles.